The number of nitriles is 1. The van der Waals surface area contributed by atoms with Crippen LogP contribution in [0.3, 0.4) is 0 Å². The lowest BCUT2D eigenvalue weighted by Gasteiger charge is -2.36. The maximum Gasteiger partial charge on any atom is 0.417 e. The van der Waals surface area contributed by atoms with E-state index in [-0.39, 0.29) is 24.3 Å². The van der Waals surface area contributed by atoms with Gasteiger partial charge in [-0.25, -0.2) is 0 Å². The van der Waals surface area contributed by atoms with Gasteiger partial charge in [0.15, 0.2) is 0 Å². The predicted octanol–water partition coefficient (Wildman–Crippen LogP) is 3.37. The number of halogens is 3. The standard InChI is InChI=1S/C25H26F3N5O2/c1-15-4-7-31-12-19(15)24(35)32-8-5-16(6-9-32)20-13-33(14-21(20)23(30)34)18-3-2-17(11-29)22(10-18)25(26,27)28/h2-4,7,10,12,16,20-21H,5-6,8-9,13-14H2,1H3,(H2,30,34)/t20-,21+/m0/s1. The fourth-order valence-corrected chi connectivity index (χ4v) is 5.27. The summed E-state index contributed by atoms with van der Waals surface area (Å²) in [6, 6.07) is 6.99. The molecule has 2 fully saturated rings. The summed E-state index contributed by atoms with van der Waals surface area (Å²) in [6.07, 6.45) is -0.105. The molecule has 0 radical (unpaired) electrons. The molecule has 0 saturated carbocycles. The molecule has 4 rings (SSSR count). The molecule has 0 unspecified atom stereocenters. The number of benzene rings is 1. The van der Waals surface area contributed by atoms with Crippen molar-refractivity contribution in [2.24, 2.45) is 23.5 Å². The average molecular weight is 486 g/mol. The third kappa shape index (κ3) is 4.94. The number of hydrogen-bond acceptors (Lipinski definition) is 5. The molecule has 2 saturated heterocycles. The maximum atomic E-state index is 13.4. The van der Waals surface area contributed by atoms with Gasteiger partial charge in [-0.15, -0.1) is 0 Å². The minimum atomic E-state index is -4.66. The van der Waals surface area contributed by atoms with Crippen molar-refractivity contribution in [2.75, 3.05) is 31.1 Å². The molecule has 35 heavy (non-hydrogen) atoms. The molecule has 7 nitrogen and oxygen atoms in total. The molecule has 2 N–H and O–H groups in total. The van der Waals surface area contributed by atoms with Crippen LogP contribution in [0.2, 0.25) is 0 Å². The molecule has 2 aliphatic rings. The first-order valence-electron chi connectivity index (χ1n) is 11.5. The summed E-state index contributed by atoms with van der Waals surface area (Å²) in [7, 11) is 0. The van der Waals surface area contributed by atoms with Crippen molar-refractivity contribution in [1.82, 2.24) is 9.88 Å². The highest BCUT2D eigenvalue weighted by Crippen LogP contribution is 2.40. The number of alkyl halides is 3. The minimum absolute atomic E-state index is 0.0780. The van der Waals surface area contributed by atoms with Gasteiger partial charge in [-0.05, 0) is 61.4 Å². The van der Waals surface area contributed by atoms with E-state index < -0.39 is 29.1 Å². The molecule has 10 heteroatoms. The Hall–Kier alpha value is -3.61. The van der Waals surface area contributed by atoms with E-state index in [2.05, 4.69) is 4.98 Å². The first-order valence-corrected chi connectivity index (χ1v) is 11.5. The highest BCUT2D eigenvalue weighted by atomic mass is 19.4. The Labute approximate surface area is 201 Å². The predicted molar refractivity (Wildman–Crippen MR) is 122 cm³/mol. The molecule has 1 aromatic heterocycles. The molecular weight excluding hydrogens is 459 g/mol. The Morgan fingerprint density at radius 1 is 1.17 bits per heavy atom. The van der Waals surface area contributed by atoms with Crippen LogP contribution in [0, 0.1) is 36.0 Å². The van der Waals surface area contributed by atoms with E-state index in [0.29, 0.717) is 43.7 Å². The Morgan fingerprint density at radius 3 is 2.49 bits per heavy atom. The molecule has 2 aromatic rings. The molecule has 2 amide bonds. The quantitative estimate of drug-likeness (QED) is 0.715. The molecule has 0 spiro atoms. The molecule has 2 atom stereocenters. The first kappa shape index (κ1) is 24.5. The Balaban J connectivity index is 1.48. The number of anilines is 1. The third-order valence-electron chi connectivity index (χ3n) is 7.23. The number of nitrogens with two attached hydrogens (primary N) is 1. The van der Waals surface area contributed by atoms with E-state index in [1.807, 2.05) is 6.92 Å². The Morgan fingerprint density at radius 2 is 1.89 bits per heavy atom. The summed E-state index contributed by atoms with van der Waals surface area (Å²) in [4.78, 5) is 32.7. The van der Waals surface area contributed by atoms with Crippen molar-refractivity contribution in [3.8, 4) is 6.07 Å². The number of likely N-dealkylation sites (tertiary alicyclic amines) is 1. The lowest BCUT2D eigenvalue weighted by molar-refractivity contribution is -0.137. The van der Waals surface area contributed by atoms with Gasteiger partial charge >= 0.3 is 6.18 Å². The van der Waals surface area contributed by atoms with Crippen molar-refractivity contribution in [3.05, 3.63) is 58.9 Å². The number of aryl methyl sites for hydroxylation is 1. The Bertz CT molecular complexity index is 1170. The van der Waals surface area contributed by atoms with Crippen molar-refractivity contribution in [3.63, 3.8) is 0 Å². The third-order valence-corrected chi connectivity index (χ3v) is 7.23. The molecule has 0 aliphatic carbocycles. The van der Waals surface area contributed by atoms with Crippen LogP contribution in [0.25, 0.3) is 0 Å². The van der Waals surface area contributed by atoms with Crippen LogP contribution in [-0.2, 0) is 11.0 Å². The van der Waals surface area contributed by atoms with Gasteiger partial charge in [0.2, 0.25) is 5.91 Å². The molecule has 3 heterocycles. The fourth-order valence-electron chi connectivity index (χ4n) is 5.27. The van der Waals surface area contributed by atoms with Gasteiger partial charge in [0.05, 0.1) is 28.7 Å². The number of amides is 2. The van der Waals surface area contributed by atoms with Crippen LogP contribution in [0.15, 0.2) is 36.7 Å². The summed E-state index contributed by atoms with van der Waals surface area (Å²) in [6.45, 7) is 3.51. The largest absolute Gasteiger partial charge is 0.417 e. The second kappa shape index (κ2) is 9.56. The van der Waals surface area contributed by atoms with E-state index in [4.69, 9.17) is 11.0 Å². The Kier molecular flexibility index (Phi) is 6.70. The van der Waals surface area contributed by atoms with Crippen molar-refractivity contribution in [2.45, 2.75) is 25.9 Å². The zero-order valence-corrected chi connectivity index (χ0v) is 19.3. The zero-order chi connectivity index (χ0) is 25.3. The summed E-state index contributed by atoms with van der Waals surface area (Å²) in [5.74, 6) is -1.09. The topological polar surface area (TPSA) is 103 Å². The van der Waals surface area contributed by atoms with Crippen LogP contribution < -0.4 is 10.6 Å². The number of primary amides is 1. The van der Waals surface area contributed by atoms with Gasteiger partial charge in [-0.2, -0.15) is 18.4 Å². The number of carbonyl (C=O) groups excluding carboxylic acids is 2. The van der Waals surface area contributed by atoms with Crippen molar-refractivity contribution >= 4 is 17.5 Å². The summed E-state index contributed by atoms with van der Waals surface area (Å²) < 4.78 is 40.3. The van der Waals surface area contributed by atoms with E-state index in [1.54, 1.807) is 34.3 Å². The van der Waals surface area contributed by atoms with Gasteiger partial charge in [0.1, 0.15) is 0 Å². The monoisotopic (exact) mass is 485 g/mol. The van der Waals surface area contributed by atoms with Crippen LogP contribution in [0.1, 0.15) is 39.9 Å². The first-order chi connectivity index (χ1) is 16.6. The number of hydrogen-bond donors (Lipinski definition) is 1. The smallest absolute Gasteiger partial charge is 0.370 e. The fraction of sp³-hybridized carbons (Fsp3) is 0.440. The van der Waals surface area contributed by atoms with Gasteiger partial charge in [-0.1, -0.05) is 0 Å². The van der Waals surface area contributed by atoms with Crippen LogP contribution in [0.4, 0.5) is 18.9 Å². The second-order valence-electron chi connectivity index (χ2n) is 9.24. The number of rotatable bonds is 4. The van der Waals surface area contributed by atoms with Crippen LogP contribution in [0.5, 0.6) is 0 Å². The molecule has 184 valence electrons. The maximum absolute atomic E-state index is 13.4. The number of pyridine rings is 1. The van der Waals surface area contributed by atoms with Crippen molar-refractivity contribution < 1.29 is 22.8 Å². The van der Waals surface area contributed by atoms with E-state index >= 15 is 0 Å². The van der Waals surface area contributed by atoms with E-state index in [9.17, 15) is 22.8 Å². The van der Waals surface area contributed by atoms with Gasteiger partial charge in [0, 0.05) is 44.3 Å². The molecular formula is C25H26F3N5O2. The lowest BCUT2D eigenvalue weighted by atomic mass is 9.78. The number of piperidine rings is 1. The van der Waals surface area contributed by atoms with Gasteiger partial charge < -0.3 is 15.5 Å². The summed E-state index contributed by atoms with van der Waals surface area (Å²) >= 11 is 0. The summed E-state index contributed by atoms with van der Waals surface area (Å²) in [5, 5.41) is 9.06. The number of nitrogens with zero attached hydrogens (tertiary/aromatic N) is 4. The molecule has 2 aliphatic heterocycles. The number of carbonyl (C=O) groups is 2. The second-order valence-corrected chi connectivity index (χ2v) is 9.24. The lowest BCUT2D eigenvalue weighted by Crippen LogP contribution is -2.42. The average Bonchev–Trinajstić information content (AvgIpc) is 3.29. The zero-order valence-electron chi connectivity index (χ0n) is 19.3. The normalized spacial score (nSPS) is 21.1. The molecule has 0 bridgehead atoms. The van der Waals surface area contributed by atoms with E-state index in [0.717, 1.165) is 17.7 Å². The summed E-state index contributed by atoms with van der Waals surface area (Å²) in [5.41, 5.74) is 5.98. The van der Waals surface area contributed by atoms with Crippen LogP contribution in [-0.4, -0.2) is 47.9 Å². The number of aromatic nitrogens is 1. The van der Waals surface area contributed by atoms with Gasteiger partial charge in [0.25, 0.3) is 5.91 Å². The van der Waals surface area contributed by atoms with E-state index in [1.165, 1.54) is 6.07 Å². The highest BCUT2D eigenvalue weighted by Gasteiger charge is 2.43. The van der Waals surface area contributed by atoms with Crippen molar-refractivity contribution in [1.29, 1.82) is 5.26 Å². The minimum Gasteiger partial charge on any atom is -0.370 e. The highest BCUT2D eigenvalue weighted by molar-refractivity contribution is 5.95. The van der Waals surface area contributed by atoms with Crippen LogP contribution >= 0.6 is 0 Å². The SMILES string of the molecule is Cc1ccncc1C(=O)N1CCC([C@@H]2CN(c3ccc(C#N)c(C(F)(F)F)c3)C[C@H]2C(N)=O)CC1. The van der Waals surface area contributed by atoms with Gasteiger partial charge in [-0.3, -0.25) is 14.6 Å². The molecule has 1 aromatic carbocycles.